The number of pyridine rings is 1. The number of carboxylic acid groups (broad SMARTS) is 1. The lowest BCUT2D eigenvalue weighted by atomic mass is 9.86. The molecule has 39 heavy (non-hydrogen) atoms. The van der Waals surface area contributed by atoms with Crippen LogP contribution in [0.15, 0.2) is 42.5 Å². The fraction of sp³-hybridized carbons (Fsp3) is 0.567. The monoisotopic (exact) mass is 538 g/mol. The zero-order valence-corrected chi connectivity index (χ0v) is 22.8. The Labute approximate surface area is 231 Å². The molecule has 2 heterocycles. The van der Waals surface area contributed by atoms with Crippen LogP contribution in [0.3, 0.4) is 0 Å². The third-order valence-corrected chi connectivity index (χ3v) is 7.53. The minimum absolute atomic E-state index is 0.289. The van der Waals surface area contributed by atoms with E-state index in [2.05, 4.69) is 27.7 Å². The predicted octanol–water partition coefficient (Wildman–Crippen LogP) is 4.51. The van der Waals surface area contributed by atoms with E-state index in [9.17, 15) is 14.7 Å². The van der Waals surface area contributed by atoms with Gasteiger partial charge in [0.25, 0.3) is 0 Å². The molecule has 1 saturated carbocycles. The number of carboxylic acids is 1. The standard InChI is InChI=1S/C30H42N4O5/c35-29(36)27(33-30(37)39-22-23-8-6-9-23)16-19-34(20-21-38-26-12-2-1-3-13-26)18-5-4-11-25-15-14-24-10-7-17-31-28(24)32-25/h1-3,12-15,23,27H,4-11,16-22H2,(H,31,32)(H,33,37)(H,35,36). The van der Waals surface area contributed by atoms with Crippen molar-refractivity contribution in [3.63, 3.8) is 0 Å². The molecule has 9 nitrogen and oxygen atoms in total. The molecule has 0 radical (unpaired) electrons. The van der Waals surface area contributed by atoms with Gasteiger partial charge in [-0.2, -0.15) is 0 Å². The molecule has 1 aromatic heterocycles. The number of nitrogens with zero attached hydrogens (tertiary/aromatic N) is 2. The van der Waals surface area contributed by atoms with Crippen LogP contribution in [-0.4, -0.2) is 72.5 Å². The Kier molecular flexibility index (Phi) is 11.3. The Morgan fingerprint density at radius 3 is 2.69 bits per heavy atom. The Morgan fingerprint density at radius 1 is 1.08 bits per heavy atom. The minimum atomic E-state index is -1.05. The van der Waals surface area contributed by atoms with Crippen molar-refractivity contribution in [2.75, 3.05) is 44.7 Å². The first-order valence-corrected chi connectivity index (χ1v) is 14.4. The number of hydrogen-bond acceptors (Lipinski definition) is 7. The molecule has 4 rings (SSSR count). The highest BCUT2D eigenvalue weighted by atomic mass is 16.5. The van der Waals surface area contributed by atoms with E-state index in [1.165, 1.54) is 5.56 Å². The number of para-hydroxylation sites is 1. The van der Waals surface area contributed by atoms with E-state index in [1.807, 2.05) is 30.3 Å². The Balaban J connectivity index is 1.24. The maximum Gasteiger partial charge on any atom is 0.407 e. The van der Waals surface area contributed by atoms with Crippen LogP contribution in [0.2, 0.25) is 0 Å². The van der Waals surface area contributed by atoms with Crippen LogP contribution in [0.25, 0.3) is 0 Å². The van der Waals surface area contributed by atoms with Crippen LogP contribution >= 0.6 is 0 Å². The lowest BCUT2D eigenvalue weighted by Gasteiger charge is -2.26. The summed E-state index contributed by atoms with van der Waals surface area (Å²) in [6.07, 6.45) is 8.00. The number of rotatable bonds is 16. The fourth-order valence-electron chi connectivity index (χ4n) is 4.90. The van der Waals surface area contributed by atoms with Crippen molar-refractivity contribution in [1.29, 1.82) is 0 Å². The van der Waals surface area contributed by atoms with Gasteiger partial charge in [-0.15, -0.1) is 0 Å². The number of hydrogen-bond donors (Lipinski definition) is 3. The first-order chi connectivity index (χ1) is 19.1. The molecule has 1 aliphatic heterocycles. The molecule has 2 aromatic rings. The molecule has 1 unspecified atom stereocenters. The van der Waals surface area contributed by atoms with Gasteiger partial charge in [0.05, 0.1) is 6.61 Å². The molecule has 0 saturated heterocycles. The summed E-state index contributed by atoms with van der Waals surface area (Å²) in [5.74, 6) is 1.19. The van der Waals surface area contributed by atoms with Crippen molar-refractivity contribution < 1.29 is 24.2 Å². The van der Waals surface area contributed by atoms with Crippen molar-refractivity contribution in [2.24, 2.45) is 5.92 Å². The van der Waals surface area contributed by atoms with Gasteiger partial charge in [0.15, 0.2) is 0 Å². The van der Waals surface area contributed by atoms with Gasteiger partial charge in [-0.3, -0.25) is 4.90 Å². The number of carbonyl (C=O) groups excluding carboxylic acids is 1. The van der Waals surface area contributed by atoms with Crippen LogP contribution in [0.4, 0.5) is 10.6 Å². The highest BCUT2D eigenvalue weighted by Gasteiger charge is 2.24. The number of benzene rings is 1. The summed E-state index contributed by atoms with van der Waals surface area (Å²) in [6, 6.07) is 13.0. The first-order valence-electron chi connectivity index (χ1n) is 14.4. The number of aryl methyl sites for hydroxylation is 2. The number of carbonyl (C=O) groups is 2. The second-order valence-electron chi connectivity index (χ2n) is 10.5. The molecular formula is C30H42N4O5. The van der Waals surface area contributed by atoms with E-state index in [0.717, 1.165) is 81.7 Å². The summed E-state index contributed by atoms with van der Waals surface area (Å²) in [7, 11) is 0. The van der Waals surface area contributed by atoms with Crippen molar-refractivity contribution in [3.05, 3.63) is 53.7 Å². The van der Waals surface area contributed by atoms with Crippen molar-refractivity contribution in [3.8, 4) is 5.75 Å². The number of alkyl carbamates (subject to hydrolysis) is 1. The molecule has 1 atom stereocenters. The van der Waals surface area contributed by atoms with Gasteiger partial charge in [0, 0.05) is 25.3 Å². The molecule has 9 heteroatoms. The number of ether oxygens (including phenoxy) is 2. The normalized spacial score (nSPS) is 15.5. The SMILES string of the molecule is O=C(NC(CCN(CCCCc1ccc2c(n1)NCCC2)CCOc1ccccc1)C(=O)O)OCC1CCC1. The van der Waals surface area contributed by atoms with Crippen LogP contribution in [0.5, 0.6) is 5.75 Å². The quantitative estimate of drug-likeness (QED) is 0.268. The van der Waals surface area contributed by atoms with Crippen molar-refractivity contribution >= 4 is 17.9 Å². The number of aromatic nitrogens is 1. The van der Waals surface area contributed by atoms with E-state index >= 15 is 0 Å². The van der Waals surface area contributed by atoms with Crippen LogP contribution in [-0.2, 0) is 22.4 Å². The van der Waals surface area contributed by atoms with E-state index in [-0.39, 0.29) is 6.42 Å². The average molecular weight is 539 g/mol. The number of aliphatic carboxylic acids is 1. The third kappa shape index (κ3) is 9.73. The molecule has 1 aliphatic carbocycles. The molecule has 0 bridgehead atoms. The van der Waals surface area contributed by atoms with Gasteiger partial charge in [0.2, 0.25) is 0 Å². The van der Waals surface area contributed by atoms with Crippen LogP contribution in [0, 0.1) is 5.92 Å². The highest BCUT2D eigenvalue weighted by Crippen LogP contribution is 2.26. The third-order valence-electron chi connectivity index (χ3n) is 7.53. The van der Waals surface area contributed by atoms with Crippen molar-refractivity contribution in [1.82, 2.24) is 15.2 Å². The molecule has 1 aromatic carbocycles. The lowest BCUT2D eigenvalue weighted by Crippen LogP contribution is -2.44. The van der Waals surface area contributed by atoms with Gasteiger partial charge in [-0.25, -0.2) is 14.6 Å². The highest BCUT2D eigenvalue weighted by molar-refractivity contribution is 5.79. The number of fused-ring (bicyclic) bond motifs is 1. The second-order valence-corrected chi connectivity index (χ2v) is 10.5. The van der Waals surface area contributed by atoms with Crippen LogP contribution in [0.1, 0.15) is 56.2 Å². The summed E-state index contributed by atoms with van der Waals surface area (Å²) in [4.78, 5) is 31.0. The van der Waals surface area contributed by atoms with Gasteiger partial charge in [-0.1, -0.05) is 30.7 Å². The second kappa shape index (κ2) is 15.3. The summed E-state index contributed by atoms with van der Waals surface area (Å²) in [5, 5.41) is 15.6. The Hall–Kier alpha value is -3.33. The summed E-state index contributed by atoms with van der Waals surface area (Å²) >= 11 is 0. The number of nitrogens with one attached hydrogen (secondary N) is 2. The van der Waals surface area contributed by atoms with E-state index in [1.54, 1.807) is 0 Å². The fourth-order valence-corrected chi connectivity index (χ4v) is 4.90. The van der Waals surface area contributed by atoms with E-state index < -0.39 is 18.1 Å². The summed E-state index contributed by atoms with van der Waals surface area (Å²) in [5.41, 5.74) is 2.39. The lowest BCUT2D eigenvalue weighted by molar-refractivity contribution is -0.139. The predicted molar refractivity (Wildman–Crippen MR) is 150 cm³/mol. The van der Waals surface area contributed by atoms with Gasteiger partial charge < -0.3 is 25.2 Å². The molecule has 3 N–H and O–H groups in total. The molecule has 1 fully saturated rings. The van der Waals surface area contributed by atoms with Gasteiger partial charge in [0.1, 0.15) is 24.2 Å². The molecule has 212 valence electrons. The molecule has 1 amide bonds. The zero-order chi connectivity index (χ0) is 27.3. The minimum Gasteiger partial charge on any atom is -0.492 e. The molecule has 0 spiro atoms. The molecular weight excluding hydrogens is 496 g/mol. The summed E-state index contributed by atoms with van der Waals surface area (Å²) < 4.78 is 11.1. The number of amides is 1. The topological polar surface area (TPSA) is 113 Å². The Morgan fingerprint density at radius 2 is 1.92 bits per heavy atom. The average Bonchev–Trinajstić information content (AvgIpc) is 2.92. The summed E-state index contributed by atoms with van der Waals surface area (Å²) in [6.45, 7) is 3.83. The first kappa shape index (κ1) is 28.7. The Bertz CT molecular complexity index is 1050. The maximum atomic E-state index is 12.2. The van der Waals surface area contributed by atoms with Crippen molar-refractivity contribution in [2.45, 2.75) is 63.8 Å². The van der Waals surface area contributed by atoms with E-state index in [0.29, 0.717) is 32.2 Å². The van der Waals surface area contributed by atoms with E-state index in [4.69, 9.17) is 14.5 Å². The number of unbranched alkanes of at least 4 members (excludes halogenated alkanes) is 1. The zero-order valence-electron chi connectivity index (χ0n) is 22.8. The number of anilines is 1. The maximum absolute atomic E-state index is 12.2. The smallest absolute Gasteiger partial charge is 0.407 e. The van der Waals surface area contributed by atoms with Gasteiger partial charge in [-0.05, 0) is 87.6 Å². The largest absolute Gasteiger partial charge is 0.492 e. The van der Waals surface area contributed by atoms with Gasteiger partial charge >= 0.3 is 12.1 Å². The molecule has 2 aliphatic rings. The van der Waals surface area contributed by atoms with Crippen LogP contribution < -0.4 is 15.4 Å².